The fourth-order valence-electron chi connectivity index (χ4n) is 1.72. The van der Waals surface area contributed by atoms with Gasteiger partial charge < -0.3 is 9.88 Å². The Hall–Kier alpha value is -1.70. The molecule has 0 aliphatic rings. The van der Waals surface area contributed by atoms with Crippen LogP contribution < -0.4 is 10.5 Å². The molecular weight excluding hydrogens is 264 g/mol. The van der Waals surface area contributed by atoms with Crippen LogP contribution in [0.25, 0.3) is 0 Å². The molecule has 0 aliphatic carbocycles. The first kappa shape index (κ1) is 13.7. The summed E-state index contributed by atoms with van der Waals surface area (Å²) < 4.78 is 24.4. The fraction of sp³-hybridized carbons (Fsp3) is 0.250. The van der Waals surface area contributed by atoms with Crippen LogP contribution in [0, 0.1) is 0 Å². The molecule has 0 amide bonds. The summed E-state index contributed by atoms with van der Waals surface area (Å²) in [6.07, 6.45) is 3.61. The Morgan fingerprint density at radius 3 is 2.79 bits per heavy atom. The van der Waals surface area contributed by atoms with Crippen molar-refractivity contribution in [1.29, 1.82) is 0 Å². The predicted octanol–water partition coefficient (Wildman–Crippen LogP) is 0.357. The molecule has 0 spiro atoms. The number of sulfonamides is 1. The molecule has 1 aromatic carbocycles. The van der Waals surface area contributed by atoms with Crippen molar-refractivity contribution in [3.63, 3.8) is 0 Å². The quantitative estimate of drug-likeness (QED) is 0.827. The zero-order valence-electron chi connectivity index (χ0n) is 10.6. The molecule has 0 atom stereocenters. The van der Waals surface area contributed by atoms with Crippen LogP contribution in [0.2, 0.25) is 0 Å². The van der Waals surface area contributed by atoms with Gasteiger partial charge in [-0.05, 0) is 17.7 Å². The highest BCUT2D eigenvalue weighted by molar-refractivity contribution is 7.89. The number of hydrogen-bond donors (Lipinski definition) is 2. The maximum Gasteiger partial charge on any atom is 0.238 e. The van der Waals surface area contributed by atoms with Crippen LogP contribution in [0.15, 0.2) is 41.6 Å². The highest BCUT2D eigenvalue weighted by Gasteiger charge is 2.07. The van der Waals surface area contributed by atoms with Gasteiger partial charge in [0.1, 0.15) is 5.82 Å². The Labute approximate surface area is 112 Å². The number of aryl methyl sites for hydroxylation is 1. The number of hydrogen-bond acceptors (Lipinski definition) is 4. The highest BCUT2D eigenvalue weighted by Crippen LogP contribution is 2.09. The first-order valence-electron chi connectivity index (χ1n) is 5.75. The van der Waals surface area contributed by atoms with Crippen LogP contribution >= 0.6 is 0 Å². The van der Waals surface area contributed by atoms with E-state index in [-0.39, 0.29) is 4.90 Å². The lowest BCUT2D eigenvalue weighted by molar-refractivity contribution is 0.597. The van der Waals surface area contributed by atoms with E-state index in [0.29, 0.717) is 13.1 Å². The Morgan fingerprint density at radius 1 is 1.37 bits per heavy atom. The third-order valence-electron chi connectivity index (χ3n) is 2.76. The van der Waals surface area contributed by atoms with E-state index in [0.717, 1.165) is 11.4 Å². The van der Waals surface area contributed by atoms with Gasteiger partial charge in [0.2, 0.25) is 10.0 Å². The molecule has 0 aliphatic heterocycles. The van der Waals surface area contributed by atoms with Crippen LogP contribution in [0.3, 0.4) is 0 Å². The molecule has 0 saturated heterocycles. The minimum absolute atomic E-state index is 0.129. The highest BCUT2D eigenvalue weighted by atomic mass is 32.2. The van der Waals surface area contributed by atoms with Gasteiger partial charge in [0.15, 0.2) is 0 Å². The summed E-state index contributed by atoms with van der Waals surface area (Å²) in [6.45, 7) is 1.17. The summed E-state index contributed by atoms with van der Waals surface area (Å²) >= 11 is 0. The summed E-state index contributed by atoms with van der Waals surface area (Å²) in [4.78, 5) is 4.32. The summed E-state index contributed by atoms with van der Waals surface area (Å²) in [6, 6.07) is 6.58. The Balaban J connectivity index is 1.99. The monoisotopic (exact) mass is 280 g/mol. The molecule has 3 N–H and O–H groups in total. The van der Waals surface area contributed by atoms with Gasteiger partial charge in [-0.2, -0.15) is 0 Å². The molecule has 102 valence electrons. The Kier molecular flexibility index (Phi) is 3.98. The van der Waals surface area contributed by atoms with Crippen LogP contribution in [-0.4, -0.2) is 18.0 Å². The average molecular weight is 280 g/mol. The largest absolute Gasteiger partial charge is 0.337 e. The SMILES string of the molecule is Cn1ccnc1CNCc1cccc(S(N)(=O)=O)c1. The van der Waals surface area contributed by atoms with Crippen LogP contribution in [0.1, 0.15) is 11.4 Å². The molecule has 1 heterocycles. The standard InChI is InChI=1S/C12H16N4O2S/c1-16-6-5-15-12(16)9-14-8-10-3-2-4-11(7-10)19(13,17)18/h2-7,14H,8-9H2,1H3,(H2,13,17,18). The number of nitrogens with one attached hydrogen (secondary N) is 1. The molecular formula is C12H16N4O2S. The van der Waals surface area contributed by atoms with Crippen LogP contribution in [0.5, 0.6) is 0 Å². The maximum absolute atomic E-state index is 11.2. The fourth-order valence-corrected chi connectivity index (χ4v) is 2.30. The van der Waals surface area contributed by atoms with E-state index in [2.05, 4.69) is 10.3 Å². The number of aromatic nitrogens is 2. The lowest BCUT2D eigenvalue weighted by Crippen LogP contribution is -2.17. The van der Waals surface area contributed by atoms with Crippen LogP contribution in [0.4, 0.5) is 0 Å². The van der Waals surface area contributed by atoms with E-state index in [1.165, 1.54) is 6.07 Å². The predicted molar refractivity (Wildman–Crippen MR) is 71.6 cm³/mol. The third kappa shape index (κ3) is 3.63. The Bertz CT molecular complexity index is 664. The molecule has 2 rings (SSSR count). The van der Waals surface area contributed by atoms with Crippen molar-refractivity contribution >= 4 is 10.0 Å². The molecule has 19 heavy (non-hydrogen) atoms. The maximum atomic E-state index is 11.2. The number of rotatable bonds is 5. The van der Waals surface area contributed by atoms with Crippen molar-refractivity contribution in [3.8, 4) is 0 Å². The molecule has 0 bridgehead atoms. The first-order chi connectivity index (χ1) is 8.97. The molecule has 0 radical (unpaired) electrons. The van der Waals surface area contributed by atoms with Gasteiger partial charge in [-0.25, -0.2) is 18.5 Å². The lowest BCUT2D eigenvalue weighted by Gasteiger charge is -2.06. The Morgan fingerprint density at radius 2 is 2.16 bits per heavy atom. The first-order valence-corrected chi connectivity index (χ1v) is 7.30. The summed E-state index contributed by atoms with van der Waals surface area (Å²) in [5, 5.41) is 8.29. The van der Waals surface area contributed by atoms with Gasteiger partial charge in [0.25, 0.3) is 0 Å². The van der Waals surface area contributed by atoms with Crippen LogP contribution in [-0.2, 0) is 30.2 Å². The van der Waals surface area contributed by atoms with Gasteiger partial charge in [0, 0.05) is 26.0 Å². The van der Waals surface area contributed by atoms with E-state index < -0.39 is 10.0 Å². The summed E-state index contributed by atoms with van der Waals surface area (Å²) in [5.41, 5.74) is 0.862. The molecule has 6 nitrogen and oxygen atoms in total. The van der Waals surface area contributed by atoms with E-state index in [1.54, 1.807) is 18.3 Å². The van der Waals surface area contributed by atoms with E-state index >= 15 is 0 Å². The van der Waals surface area contributed by atoms with Crippen molar-refractivity contribution in [3.05, 3.63) is 48.0 Å². The number of imidazole rings is 1. The smallest absolute Gasteiger partial charge is 0.238 e. The number of primary sulfonamides is 1. The number of nitrogens with two attached hydrogens (primary N) is 1. The number of benzene rings is 1. The van der Waals surface area contributed by atoms with Gasteiger partial charge in [0.05, 0.1) is 11.4 Å². The van der Waals surface area contributed by atoms with Gasteiger partial charge in [-0.3, -0.25) is 0 Å². The third-order valence-corrected chi connectivity index (χ3v) is 3.67. The molecule has 1 aromatic heterocycles. The second kappa shape index (κ2) is 5.52. The minimum atomic E-state index is -3.64. The average Bonchev–Trinajstić information content (AvgIpc) is 2.75. The van der Waals surface area contributed by atoms with Crippen molar-refractivity contribution in [2.45, 2.75) is 18.0 Å². The van der Waals surface area contributed by atoms with E-state index in [4.69, 9.17) is 5.14 Å². The van der Waals surface area contributed by atoms with E-state index in [1.807, 2.05) is 23.9 Å². The van der Waals surface area contributed by atoms with Crippen molar-refractivity contribution in [2.75, 3.05) is 0 Å². The molecule has 2 aromatic rings. The van der Waals surface area contributed by atoms with Crippen molar-refractivity contribution in [1.82, 2.24) is 14.9 Å². The lowest BCUT2D eigenvalue weighted by atomic mass is 10.2. The van der Waals surface area contributed by atoms with Gasteiger partial charge in [-0.1, -0.05) is 12.1 Å². The number of nitrogens with zero attached hydrogens (tertiary/aromatic N) is 2. The zero-order chi connectivity index (χ0) is 13.9. The normalized spacial score (nSPS) is 11.7. The topological polar surface area (TPSA) is 90.0 Å². The molecule has 7 heteroatoms. The van der Waals surface area contributed by atoms with Gasteiger partial charge in [-0.15, -0.1) is 0 Å². The van der Waals surface area contributed by atoms with Crippen molar-refractivity contribution < 1.29 is 8.42 Å². The molecule has 0 unspecified atom stereocenters. The zero-order valence-corrected chi connectivity index (χ0v) is 11.4. The second-order valence-electron chi connectivity index (χ2n) is 4.25. The van der Waals surface area contributed by atoms with Crippen molar-refractivity contribution in [2.24, 2.45) is 12.2 Å². The van der Waals surface area contributed by atoms with E-state index in [9.17, 15) is 8.42 Å². The van der Waals surface area contributed by atoms with Gasteiger partial charge >= 0.3 is 0 Å². The summed E-state index contributed by atoms with van der Waals surface area (Å²) in [7, 11) is -1.72. The minimum Gasteiger partial charge on any atom is -0.337 e. The summed E-state index contributed by atoms with van der Waals surface area (Å²) in [5.74, 6) is 0.919. The molecule has 0 saturated carbocycles. The molecule has 0 fully saturated rings. The second-order valence-corrected chi connectivity index (χ2v) is 5.81.